The van der Waals surface area contributed by atoms with E-state index >= 15 is 0 Å². The zero-order valence-corrected chi connectivity index (χ0v) is 20.4. The summed E-state index contributed by atoms with van der Waals surface area (Å²) in [6.45, 7) is 5.74. The van der Waals surface area contributed by atoms with Gasteiger partial charge in [0, 0.05) is 11.4 Å². The molecule has 0 saturated carbocycles. The Morgan fingerprint density at radius 3 is 2.46 bits per heavy atom. The van der Waals surface area contributed by atoms with Crippen LogP contribution in [0.25, 0.3) is 5.69 Å². The lowest BCUT2D eigenvalue weighted by Crippen LogP contribution is -2.34. The third kappa shape index (κ3) is 5.43. The molecule has 35 heavy (non-hydrogen) atoms. The number of aryl methyl sites for hydroxylation is 2. The van der Waals surface area contributed by atoms with Crippen molar-refractivity contribution in [2.24, 2.45) is 0 Å². The molecule has 0 aliphatic heterocycles. The molecule has 0 bridgehead atoms. The van der Waals surface area contributed by atoms with E-state index in [1.165, 1.54) is 33.1 Å². The van der Waals surface area contributed by atoms with Gasteiger partial charge in [0.15, 0.2) is 10.8 Å². The van der Waals surface area contributed by atoms with Gasteiger partial charge in [-0.2, -0.15) is 0 Å². The highest BCUT2D eigenvalue weighted by Gasteiger charge is 2.28. The van der Waals surface area contributed by atoms with Crippen LogP contribution in [0, 0.1) is 19.7 Å². The first-order valence-corrected chi connectivity index (χ1v) is 11.9. The number of anilines is 1. The maximum Gasteiger partial charge on any atom is 0.358 e. The zero-order chi connectivity index (χ0) is 24.9. The largest absolute Gasteiger partial charge is 0.461 e. The number of rotatable bonds is 8. The minimum Gasteiger partial charge on any atom is -0.461 e. The van der Waals surface area contributed by atoms with E-state index in [2.05, 4.69) is 15.1 Å². The number of hydrogen-bond donors (Lipinski definition) is 0. The highest BCUT2D eigenvalue weighted by atomic mass is 32.1. The van der Waals surface area contributed by atoms with Crippen LogP contribution in [0.4, 0.5) is 9.52 Å². The summed E-state index contributed by atoms with van der Waals surface area (Å²) in [6.07, 6.45) is 0.567. The van der Waals surface area contributed by atoms with E-state index in [1.807, 2.05) is 30.3 Å². The van der Waals surface area contributed by atoms with Gasteiger partial charge in [0.25, 0.3) is 5.91 Å². The Morgan fingerprint density at radius 1 is 1.06 bits per heavy atom. The molecule has 0 fully saturated rings. The van der Waals surface area contributed by atoms with Crippen molar-refractivity contribution in [3.8, 4) is 5.69 Å². The lowest BCUT2D eigenvalue weighted by atomic mass is 10.1. The quantitative estimate of drug-likeness (QED) is 0.335. The third-order valence-corrected chi connectivity index (χ3v) is 6.22. The molecule has 2 heterocycles. The fourth-order valence-corrected chi connectivity index (χ4v) is 4.41. The van der Waals surface area contributed by atoms with Crippen molar-refractivity contribution in [2.75, 3.05) is 18.1 Å². The predicted molar refractivity (Wildman–Crippen MR) is 131 cm³/mol. The van der Waals surface area contributed by atoms with E-state index in [4.69, 9.17) is 4.74 Å². The van der Waals surface area contributed by atoms with E-state index in [-0.39, 0.29) is 23.9 Å². The van der Waals surface area contributed by atoms with E-state index in [0.29, 0.717) is 34.5 Å². The average molecular weight is 494 g/mol. The molecule has 0 atom stereocenters. The highest BCUT2D eigenvalue weighted by molar-refractivity contribution is 7.16. The molecule has 0 N–H and O–H groups in total. The van der Waals surface area contributed by atoms with Gasteiger partial charge in [-0.3, -0.25) is 9.69 Å². The lowest BCUT2D eigenvalue weighted by Gasteiger charge is -2.18. The first kappa shape index (κ1) is 24.2. The molecule has 180 valence electrons. The highest BCUT2D eigenvalue weighted by Crippen LogP contribution is 2.28. The molecule has 4 rings (SSSR count). The Morgan fingerprint density at radius 2 is 1.77 bits per heavy atom. The van der Waals surface area contributed by atoms with Crippen molar-refractivity contribution < 1.29 is 18.7 Å². The van der Waals surface area contributed by atoms with Gasteiger partial charge in [-0.25, -0.2) is 23.8 Å². The van der Waals surface area contributed by atoms with Crippen LogP contribution < -0.4 is 4.90 Å². The summed E-state index contributed by atoms with van der Waals surface area (Å²) in [6, 6.07) is 15.5. The second-order valence-corrected chi connectivity index (χ2v) is 8.87. The molecule has 0 spiro atoms. The second kappa shape index (κ2) is 10.6. The molecule has 0 radical (unpaired) electrons. The number of carbonyl (C=O) groups is 2. The van der Waals surface area contributed by atoms with Gasteiger partial charge >= 0.3 is 5.97 Å². The molecule has 1 amide bonds. The fraction of sp³-hybridized carbons (Fsp3) is 0.240. The number of benzene rings is 2. The molecule has 0 aliphatic carbocycles. The number of aromatic nitrogens is 4. The van der Waals surface area contributed by atoms with E-state index in [0.717, 1.165) is 5.56 Å². The number of nitrogens with zero attached hydrogens (tertiary/aromatic N) is 5. The summed E-state index contributed by atoms with van der Waals surface area (Å²) >= 11 is 1.23. The Bertz CT molecular complexity index is 1340. The van der Waals surface area contributed by atoms with Crippen molar-refractivity contribution in [3.63, 3.8) is 0 Å². The van der Waals surface area contributed by atoms with Gasteiger partial charge in [-0.15, -0.1) is 16.4 Å². The van der Waals surface area contributed by atoms with Gasteiger partial charge < -0.3 is 4.74 Å². The maximum atomic E-state index is 13.6. The van der Waals surface area contributed by atoms with Crippen molar-refractivity contribution in [1.29, 1.82) is 0 Å². The molecule has 2 aromatic carbocycles. The molecule has 4 aromatic rings. The van der Waals surface area contributed by atoms with Gasteiger partial charge in [0.05, 0.1) is 12.3 Å². The predicted octanol–water partition coefficient (Wildman–Crippen LogP) is 4.55. The van der Waals surface area contributed by atoms with Gasteiger partial charge in [0.2, 0.25) is 5.82 Å². The molecule has 0 aliphatic rings. The van der Waals surface area contributed by atoms with Gasteiger partial charge in [-0.1, -0.05) is 30.3 Å². The van der Waals surface area contributed by atoms with E-state index in [9.17, 15) is 14.0 Å². The van der Waals surface area contributed by atoms with Gasteiger partial charge in [0.1, 0.15) is 11.6 Å². The summed E-state index contributed by atoms with van der Waals surface area (Å²) in [5, 5.41) is 4.75. The Balaban J connectivity index is 1.67. The monoisotopic (exact) mass is 493 g/mol. The molecule has 10 heteroatoms. The van der Waals surface area contributed by atoms with Crippen LogP contribution in [-0.2, 0) is 11.2 Å². The number of carbonyl (C=O) groups excluding carboxylic acids is 2. The maximum absolute atomic E-state index is 13.6. The number of ether oxygens (including phenoxy) is 1. The van der Waals surface area contributed by atoms with Crippen molar-refractivity contribution >= 4 is 28.3 Å². The molecular weight excluding hydrogens is 469 g/mol. The number of esters is 1. The summed E-state index contributed by atoms with van der Waals surface area (Å²) in [4.78, 5) is 36.8. The molecule has 0 unspecified atom stereocenters. The normalized spacial score (nSPS) is 10.9. The number of amides is 1. The molecule has 2 aromatic heterocycles. The van der Waals surface area contributed by atoms with Crippen molar-refractivity contribution in [3.05, 3.63) is 88.2 Å². The minimum absolute atomic E-state index is 0.0228. The molecule has 8 nitrogen and oxygen atoms in total. The SMILES string of the molecule is CCOC(=O)c1nc(N(CCc2ccccc2)C(=O)c2nc(C)n(-c3ccc(F)cc3)n2)sc1C. The van der Waals surface area contributed by atoms with Crippen LogP contribution in [-0.4, -0.2) is 44.8 Å². The number of halogens is 1. The van der Waals surface area contributed by atoms with Crippen LogP contribution in [0.5, 0.6) is 0 Å². The number of hydrogen-bond acceptors (Lipinski definition) is 7. The molecular formula is C25H24FN5O3S. The summed E-state index contributed by atoms with van der Waals surface area (Å²) in [7, 11) is 0. The fourth-order valence-electron chi connectivity index (χ4n) is 3.48. The zero-order valence-electron chi connectivity index (χ0n) is 19.6. The standard InChI is InChI=1S/C25H24FN5O3S/c1-4-34-24(33)21-16(2)35-25(28-21)30(15-14-18-8-6-5-7-9-18)23(32)22-27-17(3)31(29-22)20-12-10-19(26)11-13-20/h5-13H,4,14-15H2,1-3H3. The van der Waals surface area contributed by atoms with Crippen molar-refractivity contribution in [2.45, 2.75) is 27.2 Å². The lowest BCUT2D eigenvalue weighted by molar-refractivity contribution is 0.0519. The molecule has 0 saturated heterocycles. The van der Waals surface area contributed by atoms with E-state index in [1.54, 1.807) is 32.9 Å². The average Bonchev–Trinajstić information content (AvgIpc) is 3.43. The summed E-state index contributed by atoms with van der Waals surface area (Å²) in [5.41, 5.74) is 1.82. The first-order chi connectivity index (χ1) is 16.9. The van der Waals surface area contributed by atoms with Crippen LogP contribution in [0.15, 0.2) is 54.6 Å². The van der Waals surface area contributed by atoms with Crippen LogP contribution in [0.3, 0.4) is 0 Å². The topological polar surface area (TPSA) is 90.2 Å². The van der Waals surface area contributed by atoms with Gasteiger partial charge in [-0.05, 0) is 57.0 Å². The third-order valence-electron chi connectivity index (χ3n) is 5.23. The smallest absolute Gasteiger partial charge is 0.358 e. The number of thiazole rings is 1. The minimum atomic E-state index is -0.530. The first-order valence-electron chi connectivity index (χ1n) is 11.1. The summed E-state index contributed by atoms with van der Waals surface area (Å²) < 4.78 is 19.9. The second-order valence-electron chi connectivity index (χ2n) is 7.68. The Hall–Kier alpha value is -3.92. The Labute approximate surface area is 206 Å². The van der Waals surface area contributed by atoms with E-state index < -0.39 is 11.9 Å². The summed E-state index contributed by atoms with van der Waals surface area (Å²) in [5.74, 6) is -0.894. The Kier molecular flexibility index (Phi) is 7.31. The van der Waals surface area contributed by atoms with Crippen LogP contribution >= 0.6 is 11.3 Å². The van der Waals surface area contributed by atoms with Crippen molar-refractivity contribution in [1.82, 2.24) is 19.7 Å². The van der Waals surface area contributed by atoms with Crippen LogP contribution in [0.1, 0.15) is 44.3 Å². The van der Waals surface area contributed by atoms with Crippen LogP contribution in [0.2, 0.25) is 0 Å².